The van der Waals surface area contributed by atoms with Crippen molar-refractivity contribution in [3.05, 3.63) is 29.3 Å². The summed E-state index contributed by atoms with van der Waals surface area (Å²) in [7, 11) is 1.56. The van der Waals surface area contributed by atoms with Gasteiger partial charge in [-0.25, -0.2) is 8.78 Å². The van der Waals surface area contributed by atoms with Crippen LogP contribution in [0.3, 0.4) is 0 Å². The van der Waals surface area contributed by atoms with Crippen LogP contribution in [0.1, 0.15) is 22.9 Å². The van der Waals surface area contributed by atoms with E-state index in [1.165, 1.54) is 0 Å². The van der Waals surface area contributed by atoms with Crippen LogP contribution in [-0.2, 0) is 0 Å². The number of aryl methyl sites for hydroxylation is 1. The van der Waals surface area contributed by atoms with Gasteiger partial charge >= 0.3 is 0 Å². The van der Waals surface area contributed by atoms with E-state index < -0.39 is 10.7 Å². The first-order valence-electron chi connectivity index (χ1n) is 4.52. The van der Waals surface area contributed by atoms with Gasteiger partial charge in [-0.3, -0.25) is 0 Å². The molecule has 0 aromatic heterocycles. The molecule has 84 valence electrons. The second-order valence-corrected chi connectivity index (χ2v) is 4.46. The normalized spacial score (nSPS) is 13.7. The van der Waals surface area contributed by atoms with Gasteiger partial charge in [-0.05, 0) is 24.1 Å². The van der Waals surface area contributed by atoms with Crippen LogP contribution >= 0.6 is 15.9 Å². The zero-order chi connectivity index (χ0) is 11.6. The van der Waals surface area contributed by atoms with Crippen molar-refractivity contribution in [2.24, 2.45) is 0 Å². The maximum Gasteiger partial charge on any atom is 0.261 e. The molecular weight excluding hydrogens is 266 g/mol. The van der Waals surface area contributed by atoms with Gasteiger partial charge in [-0.2, -0.15) is 0 Å². The summed E-state index contributed by atoms with van der Waals surface area (Å²) in [4.78, 5) is -0.963. The molecule has 1 aromatic rings. The van der Waals surface area contributed by atoms with E-state index in [1.54, 1.807) is 25.3 Å². The summed E-state index contributed by atoms with van der Waals surface area (Å²) in [6.45, 7) is 2.72. The number of ether oxygens (including phenoxy) is 1. The highest BCUT2D eigenvalue weighted by Gasteiger charge is 2.33. The molecule has 0 bridgehead atoms. The second-order valence-electron chi connectivity index (χ2n) is 3.55. The highest BCUT2D eigenvalue weighted by Crippen LogP contribution is 2.39. The van der Waals surface area contributed by atoms with Gasteiger partial charge in [-0.15, -0.1) is 0 Å². The molecule has 0 saturated heterocycles. The standard InChI is InChI=1S/C11H13BrF2O/c1-7-6-8(4-5-9(7)15-3)10(12)11(2,13)14/h4-6,10H,1-3H3. The highest BCUT2D eigenvalue weighted by molar-refractivity contribution is 9.09. The molecule has 1 atom stereocenters. The van der Waals surface area contributed by atoms with Gasteiger partial charge in [0, 0.05) is 6.92 Å². The van der Waals surface area contributed by atoms with Gasteiger partial charge in [0.2, 0.25) is 0 Å². The Balaban J connectivity index is 3.02. The monoisotopic (exact) mass is 278 g/mol. The number of rotatable bonds is 3. The highest BCUT2D eigenvalue weighted by atomic mass is 79.9. The quantitative estimate of drug-likeness (QED) is 0.757. The largest absolute Gasteiger partial charge is 0.496 e. The molecule has 4 heteroatoms. The molecule has 0 spiro atoms. The second kappa shape index (κ2) is 4.47. The van der Waals surface area contributed by atoms with Gasteiger partial charge in [-0.1, -0.05) is 28.1 Å². The van der Waals surface area contributed by atoms with Crippen LogP contribution in [0, 0.1) is 6.92 Å². The molecule has 15 heavy (non-hydrogen) atoms. The molecule has 0 aliphatic heterocycles. The lowest BCUT2D eigenvalue weighted by Crippen LogP contribution is -2.17. The summed E-state index contributed by atoms with van der Waals surface area (Å²) < 4.78 is 31.1. The topological polar surface area (TPSA) is 9.23 Å². The molecule has 1 unspecified atom stereocenters. The maximum atomic E-state index is 13.0. The third-order valence-corrected chi connectivity index (χ3v) is 3.49. The van der Waals surface area contributed by atoms with Crippen molar-refractivity contribution in [1.29, 1.82) is 0 Å². The first-order valence-corrected chi connectivity index (χ1v) is 5.44. The number of halogens is 3. The van der Waals surface area contributed by atoms with Crippen molar-refractivity contribution < 1.29 is 13.5 Å². The SMILES string of the molecule is COc1ccc(C(Br)C(C)(F)F)cc1C. The minimum absolute atomic E-state index is 0.556. The summed E-state index contributed by atoms with van der Waals surface area (Å²) in [5, 5.41) is 0. The molecule has 0 saturated carbocycles. The molecule has 0 N–H and O–H groups in total. The number of hydrogen-bond donors (Lipinski definition) is 0. The van der Waals surface area contributed by atoms with Crippen molar-refractivity contribution in [3.8, 4) is 5.75 Å². The summed E-state index contributed by atoms with van der Waals surface area (Å²) in [5.41, 5.74) is 1.41. The molecule has 1 aromatic carbocycles. The molecule has 0 fully saturated rings. The Morgan fingerprint density at radius 1 is 1.40 bits per heavy atom. The van der Waals surface area contributed by atoms with E-state index in [-0.39, 0.29) is 0 Å². The van der Waals surface area contributed by atoms with E-state index in [1.807, 2.05) is 6.92 Å². The van der Waals surface area contributed by atoms with E-state index >= 15 is 0 Å². The predicted molar refractivity (Wildman–Crippen MR) is 60.0 cm³/mol. The van der Waals surface area contributed by atoms with Crippen LogP contribution in [0.4, 0.5) is 8.78 Å². The molecule has 0 aliphatic rings. The maximum absolute atomic E-state index is 13.0. The molecule has 0 amide bonds. The molecule has 0 heterocycles. The fraction of sp³-hybridized carbons (Fsp3) is 0.455. The minimum Gasteiger partial charge on any atom is -0.496 e. The molecular formula is C11H13BrF2O. The van der Waals surface area contributed by atoms with Gasteiger partial charge in [0.25, 0.3) is 5.92 Å². The van der Waals surface area contributed by atoms with Crippen LogP contribution in [0.15, 0.2) is 18.2 Å². The lowest BCUT2D eigenvalue weighted by Gasteiger charge is -2.18. The van der Waals surface area contributed by atoms with Gasteiger partial charge < -0.3 is 4.74 Å². The van der Waals surface area contributed by atoms with E-state index in [2.05, 4.69) is 15.9 Å². The van der Waals surface area contributed by atoms with Gasteiger partial charge in [0.1, 0.15) is 10.6 Å². The zero-order valence-electron chi connectivity index (χ0n) is 8.85. The van der Waals surface area contributed by atoms with Crippen LogP contribution < -0.4 is 4.74 Å². The average Bonchev–Trinajstić information content (AvgIpc) is 2.15. The summed E-state index contributed by atoms with van der Waals surface area (Å²) in [5.74, 6) is -2.07. The first-order chi connectivity index (χ1) is 6.86. The molecule has 1 rings (SSSR count). The van der Waals surface area contributed by atoms with Gasteiger partial charge in [0.15, 0.2) is 0 Å². The average molecular weight is 279 g/mol. The van der Waals surface area contributed by atoms with Crippen molar-refractivity contribution in [1.82, 2.24) is 0 Å². The van der Waals surface area contributed by atoms with Crippen LogP contribution in [0.25, 0.3) is 0 Å². The van der Waals surface area contributed by atoms with Crippen LogP contribution in [0.2, 0.25) is 0 Å². The van der Waals surface area contributed by atoms with Crippen molar-refractivity contribution in [2.75, 3.05) is 7.11 Å². The number of methoxy groups -OCH3 is 1. The van der Waals surface area contributed by atoms with Crippen molar-refractivity contribution in [2.45, 2.75) is 24.6 Å². The van der Waals surface area contributed by atoms with Crippen molar-refractivity contribution >= 4 is 15.9 Å². The van der Waals surface area contributed by atoms with E-state index in [0.717, 1.165) is 12.5 Å². The third-order valence-electron chi connectivity index (χ3n) is 2.16. The van der Waals surface area contributed by atoms with Gasteiger partial charge in [0.05, 0.1) is 7.11 Å². The smallest absolute Gasteiger partial charge is 0.261 e. The summed E-state index contributed by atoms with van der Waals surface area (Å²) >= 11 is 3.00. The molecule has 0 radical (unpaired) electrons. The molecule has 0 aliphatic carbocycles. The third kappa shape index (κ3) is 2.91. The Kier molecular flexibility index (Phi) is 3.71. The van der Waals surface area contributed by atoms with Crippen molar-refractivity contribution in [3.63, 3.8) is 0 Å². The first kappa shape index (κ1) is 12.4. The summed E-state index contributed by atoms with van der Waals surface area (Å²) in [6.07, 6.45) is 0. The zero-order valence-corrected chi connectivity index (χ0v) is 10.4. The van der Waals surface area contributed by atoms with Crippen LogP contribution in [-0.4, -0.2) is 13.0 Å². The van der Waals surface area contributed by atoms with E-state index in [9.17, 15) is 8.78 Å². The Labute approximate surface area is 96.6 Å². The Hall–Kier alpha value is -0.640. The fourth-order valence-corrected chi connectivity index (χ4v) is 1.64. The minimum atomic E-state index is -2.78. The molecule has 1 nitrogen and oxygen atoms in total. The van der Waals surface area contributed by atoms with Crippen LogP contribution in [0.5, 0.6) is 5.75 Å². The Morgan fingerprint density at radius 3 is 2.40 bits per heavy atom. The summed E-state index contributed by atoms with van der Waals surface area (Å²) in [6, 6.07) is 5.04. The number of alkyl halides is 3. The number of hydrogen-bond acceptors (Lipinski definition) is 1. The van der Waals surface area contributed by atoms with E-state index in [4.69, 9.17) is 4.74 Å². The Morgan fingerprint density at radius 2 is 2.00 bits per heavy atom. The lowest BCUT2D eigenvalue weighted by molar-refractivity contribution is 0.0213. The Bertz CT molecular complexity index is 347. The van der Waals surface area contributed by atoms with E-state index in [0.29, 0.717) is 11.3 Å². The predicted octanol–water partition coefficient (Wildman–Crippen LogP) is 4.09. The lowest BCUT2D eigenvalue weighted by atomic mass is 10.0. The number of benzene rings is 1. The fourth-order valence-electron chi connectivity index (χ4n) is 1.35.